The summed E-state index contributed by atoms with van der Waals surface area (Å²) in [5, 5.41) is 2.54. The summed E-state index contributed by atoms with van der Waals surface area (Å²) in [5.74, 6) is 1.27. The van der Waals surface area contributed by atoms with Gasteiger partial charge in [0.05, 0.1) is 0 Å². The van der Waals surface area contributed by atoms with Crippen LogP contribution in [0.1, 0.15) is 62.5 Å². The molecule has 136 valence electrons. The molecule has 0 spiro atoms. The van der Waals surface area contributed by atoms with E-state index >= 15 is 0 Å². The van der Waals surface area contributed by atoms with Crippen molar-refractivity contribution in [2.24, 2.45) is 11.8 Å². The molecule has 26 heavy (non-hydrogen) atoms. The SMILES string of the molecule is O=C1CCCCC1Cc1cccc2c(CC3CCCCC3=O)cccc12. The molecule has 2 nitrogen and oxygen atoms in total. The van der Waals surface area contributed by atoms with Crippen LogP contribution in [0.3, 0.4) is 0 Å². The second kappa shape index (κ2) is 7.73. The van der Waals surface area contributed by atoms with Crippen molar-refractivity contribution in [2.45, 2.75) is 64.2 Å². The lowest BCUT2D eigenvalue weighted by molar-refractivity contribution is -0.125. The van der Waals surface area contributed by atoms with Gasteiger partial charge in [-0.15, -0.1) is 0 Å². The first-order chi connectivity index (χ1) is 12.7. The van der Waals surface area contributed by atoms with Crippen molar-refractivity contribution >= 4 is 22.3 Å². The Morgan fingerprint density at radius 2 is 1.12 bits per heavy atom. The maximum Gasteiger partial charge on any atom is 0.136 e. The number of fused-ring (bicyclic) bond motifs is 1. The van der Waals surface area contributed by atoms with Crippen LogP contribution in [0.5, 0.6) is 0 Å². The van der Waals surface area contributed by atoms with Crippen molar-refractivity contribution in [1.29, 1.82) is 0 Å². The molecule has 2 saturated carbocycles. The van der Waals surface area contributed by atoms with E-state index in [9.17, 15) is 9.59 Å². The lowest BCUT2D eigenvalue weighted by Crippen LogP contribution is -2.21. The first kappa shape index (κ1) is 17.5. The van der Waals surface area contributed by atoms with Gasteiger partial charge >= 0.3 is 0 Å². The standard InChI is InChI=1S/C24H28O2/c25-23-13-3-1-7-19(23)15-17-9-5-12-22-18(10-6-11-21(17)22)16-20-8-2-4-14-24(20)26/h5-6,9-12,19-20H,1-4,7-8,13-16H2. The number of hydrogen-bond acceptors (Lipinski definition) is 2. The van der Waals surface area contributed by atoms with Crippen LogP contribution in [0.2, 0.25) is 0 Å². The van der Waals surface area contributed by atoms with Gasteiger partial charge in [0.2, 0.25) is 0 Å². The quantitative estimate of drug-likeness (QED) is 0.737. The van der Waals surface area contributed by atoms with E-state index in [0.29, 0.717) is 11.6 Å². The number of carbonyl (C=O) groups excluding carboxylic acids is 2. The zero-order valence-electron chi connectivity index (χ0n) is 15.5. The largest absolute Gasteiger partial charge is 0.299 e. The topological polar surface area (TPSA) is 34.1 Å². The van der Waals surface area contributed by atoms with Crippen LogP contribution in [0.4, 0.5) is 0 Å². The summed E-state index contributed by atoms with van der Waals surface area (Å²) in [6, 6.07) is 13.0. The summed E-state index contributed by atoms with van der Waals surface area (Å²) in [5.41, 5.74) is 2.58. The number of Topliss-reactive ketones (excluding diaryl/α,β-unsaturated/α-hetero) is 2. The summed E-state index contributed by atoms with van der Waals surface area (Å²) in [6.07, 6.45) is 9.77. The predicted molar refractivity (Wildman–Crippen MR) is 105 cm³/mol. The van der Waals surface area contributed by atoms with Gasteiger partial charge in [-0.1, -0.05) is 49.2 Å². The molecule has 0 aliphatic heterocycles. The van der Waals surface area contributed by atoms with Gasteiger partial charge < -0.3 is 0 Å². The molecule has 0 aromatic heterocycles. The smallest absolute Gasteiger partial charge is 0.136 e. The third-order valence-electron chi connectivity index (χ3n) is 6.40. The minimum atomic E-state index is 0.193. The van der Waals surface area contributed by atoms with Gasteiger partial charge in [-0.2, -0.15) is 0 Å². The van der Waals surface area contributed by atoms with Crippen LogP contribution in [0.15, 0.2) is 36.4 Å². The monoisotopic (exact) mass is 348 g/mol. The van der Waals surface area contributed by atoms with Crippen molar-refractivity contribution in [3.63, 3.8) is 0 Å². The van der Waals surface area contributed by atoms with Gasteiger partial charge in [0.1, 0.15) is 11.6 Å². The lowest BCUT2D eigenvalue weighted by atomic mass is 9.81. The third kappa shape index (κ3) is 3.60. The molecule has 2 unspecified atom stereocenters. The van der Waals surface area contributed by atoms with Gasteiger partial charge in [-0.25, -0.2) is 0 Å². The summed E-state index contributed by atoms with van der Waals surface area (Å²) < 4.78 is 0. The third-order valence-corrected chi connectivity index (χ3v) is 6.40. The van der Waals surface area contributed by atoms with E-state index in [2.05, 4.69) is 36.4 Å². The van der Waals surface area contributed by atoms with Crippen LogP contribution in [0, 0.1) is 11.8 Å². The van der Waals surface area contributed by atoms with Crippen molar-refractivity contribution in [1.82, 2.24) is 0 Å². The molecule has 4 rings (SSSR count). The Labute approximate surface area is 156 Å². The van der Waals surface area contributed by atoms with Crippen LogP contribution in [0.25, 0.3) is 10.8 Å². The lowest BCUT2D eigenvalue weighted by Gasteiger charge is -2.23. The van der Waals surface area contributed by atoms with Gasteiger partial charge in [-0.3, -0.25) is 9.59 Å². The molecule has 2 heteroatoms. The molecule has 0 bridgehead atoms. The minimum absolute atomic E-state index is 0.193. The molecule has 0 amide bonds. The highest BCUT2D eigenvalue weighted by Gasteiger charge is 2.24. The first-order valence-electron chi connectivity index (χ1n) is 10.3. The summed E-state index contributed by atoms with van der Waals surface area (Å²) in [7, 11) is 0. The van der Waals surface area contributed by atoms with Gasteiger partial charge in [0.25, 0.3) is 0 Å². The van der Waals surface area contributed by atoms with Crippen LogP contribution >= 0.6 is 0 Å². The zero-order chi connectivity index (χ0) is 17.9. The molecule has 0 radical (unpaired) electrons. The second-order valence-corrected chi connectivity index (χ2v) is 8.16. The summed E-state index contributed by atoms with van der Waals surface area (Å²) in [6.45, 7) is 0. The number of carbonyl (C=O) groups is 2. The van der Waals surface area contributed by atoms with E-state index in [-0.39, 0.29) is 11.8 Å². The molecule has 0 N–H and O–H groups in total. The number of ketones is 2. The Morgan fingerprint density at radius 1 is 0.654 bits per heavy atom. The maximum absolute atomic E-state index is 12.3. The van der Waals surface area contributed by atoms with E-state index in [1.165, 1.54) is 34.7 Å². The molecule has 0 saturated heterocycles. The summed E-state index contributed by atoms with van der Waals surface area (Å²) >= 11 is 0. The molecule has 2 aliphatic carbocycles. The highest BCUT2D eigenvalue weighted by Crippen LogP contribution is 2.31. The van der Waals surface area contributed by atoms with Gasteiger partial charge in [0, 0.05) is 24.7 Å². The highest BCUT2D eigenvalue weighted by atomic mass is 16.1. The zero-order valence-corrected chi connectivity index (χ0v) is 15.5. The Morgan fingerprint density at radius 3 is 1.54 bits per heavy atom. The van der Waals surface area contributed by atoms with Gasteiger partial charge in [0.15, 0.2) is 0 Å². The highest BCUT2D eigenvalue weighted by molar-refractivity contribution is 5.90. The minimum Gasteiger partial charge on any atom is -0.299 e. The number of rotatable bonds is 4. The number of hydrogen-bond donors (Lipinski definition) is 0. The normalized spacial score (nSPS) is 24.2. The fourth-order valence-electron chi connectivity index (χ4n) is 4.87. The molecule has 2 aromatic carbocycles. The van der Waals surface area contributed by atoms with E-state index < -0.39 is 0 Å². The van der Waals surface area contributed by atoms with E-state index in [0.717, 1.165) is 51.4 Å². The molecular formula is C24H28O2. The van der Waals surface area contributed by atoms with E-state index in [1.807, 2.05) is 0 Å². The van der Waals surface area contributed by atoms with Crippen LogP contribution in [-0.4, -0.2) is 11.6 Å². The van der Waals surface area contributed by atoms with E-state index in [1.54, 1.807) is 0 Å². The van der Waals surface area contributed by atoms with Crippen molar-refractivity contribution < 1.29 is 9.59 Å². The number of benzene rings is 2. The molecule has 2 aromatic rings. The van der Waals surface area contributed by atoms with Crippen LogP contribution in [-0.2, 0) is 22.4 Å². The Kier molecular flexibility index (Phi) is 5.19. The molecule has 0 heterocycles. The molecule has 2 fully saturated rings. The fourth-order valence-corrected chi connectivity index (χ4v) is 4.87. The average molecular weight is 348 g/mol. The Bertz CT molecular complexity index is 751. The fraction of sp³-hybridized carbons (Fsp3) is 0.500. The molecule has 2 aliphatic rings. The van der Waals surface area contributed by atoms with Crippen molar-refractivity contribution in [3.05, 3.63) is 47.5 Å². The van der Waals surface area contributed by atoms with Crippen molar-refractivity contribution in [3.8, 4) is 0 Å². The molecule has 2 atom stereocenters. The first-order valence-corrected chi connectivity index (χ1v) is 10.3. The van der Waals surface area contributed by atoms with Crippen molar-refractivity contribution in [2.75, 3.05) is 0 Å². The predicted octanol–water partition coefficient (Wildman–Crippen LogP) is 5.44. The summed E-state index contributed by atoms with van der Waals surface area (Å²) in [4.78, 5) is 24.5. The maximum atomic E-state index is 12.3. The Hall–Kier alpha value is -1.96. The van der Waals surface area contributed by atoms with E-state index in [4.69, 9.17) is 0 Å². The average Bonchev–Trinajstić information content (AvgIpc) is 2.66. The van der Waals surface area contributed by atoms with Crippen LogP contribution < -0.4 is 0 Å². The molecular weight excluding hydrogens is 320 g/mol. The second-order valence-electron chi connectivity index (χ2n) is 8.16. The Balaban J connectivity index is 1.62. The van der Waals surface area contributed by atoms with Gasteiger partial charge in [-0.05, 0) is 60.4 Å².